The van der Waals surface area contributed by atoms with E-state index in [1.54, 1.807) is 24.3 Å². The van der Waals surface area contributed by atoms with Gasteiger partial charge in [0.1, 0.15) is 5.54 Å². The summed E-state index contributed by atoms with van der Waals surface area (Å²) in [5.74, 6) is -3.06. The Kier molecular flexibility index (Phi) is 4.70. The first-order valence-electron chi connectivity index (χ1n) is 11.6. The van der Waals surface area contributed by atoms with Gasteiger partial charge in [0.2, 0.25) is 17.7 Å². The molecule has 1 aliphatic carbocycles. The highest BCUT2D eigenvalue weighted by Crippen LogP contribution is 2.54. The Morgan fingerprint density at radius 2 is 1.76 bits per heavy atom. The van der Waals surface area contributed by atoms with Gasteiger partial charge in [0.05, 0.1) is 11.8 Å². The van der Waals surface area contributed by atoms with Gasteiger partial charge < -0.3 is 15.5 Å². The number of aromatic hydroxyl groups is 2. The number of nitrogens with zero attached hydrogens (tertiary/aromatic N) is 1. The molecule has 0 unspecified atom stereocenters. The quantitative estimate of drug-likeness (QED) is 0.395. The molecule has 3 aliphatic heterocycles. The van der Waals surface area contributed by atoms with Gasteiger partial charge in [0.25, 0.3) is 0 Å². The Morgan fingerprint density at radius 3 is 2.50 bits per heavy atom. The minimum atomic E-state index is -1.41. The molecule has 2 aromatic rings. The van der Waals surface area contributed by atoms with Crippen molar-refractivity contribution in [2.24, 2.45) is 11.8 Å². The van der Waals surface area contributed by atoms with Crippen LogP contribution in [0.5, 0.6) is 11.5 Å². The average Bonchev–Trinajstić information content (AvgIpc) is 3.54. The SMILES string of the molecule is O=C1[C@@H]2[C@H](Cc3ccc(O)c(O)c3)N[C@@]3(C(=O)Nc4ccc(Cl)cc43)[C@@H]2C(=O)N1C1CCCC1. The fourth-order valence-electron chi connectivity index (χ4n) is 6.44. The summed E-state index contributed by atoms with van der Waals surface area (Å²) >= 11 is 6.29. The van der Waals surface area contributed by atoms with Gasteiger partial charge >= 0.3 is 0 Å². The summed E-state index contributed by atoms with van der Waals surface area (Å²) in [7, 11) is 0. The molecule has 0 radical (unpaired) electrons. The van der Waals surface area contributed by atoms with Crippen molar-refractivity contribution >= 4 is 35.0 Å². The molecule has 0 bridgehead atoms. The maximum atomic E-state index is 13.9. The van der Waals surface area contributed by atoms with Gasteiger partial charge in [0.15, 0.2) is 11.5 Å². The van der Waals surface area contributed by atoms with Crippen LogP contribution in [-0.2, 0) is 26.3 Å². The minimum absolute atomic E-state index is 0.135. The Labute approximate surface area is 200 Å². The van der Waals surface area contributed by atoms with Crippen LogP contribution >= 0.6 is 11.6 Å². The molecule has 34 heavy (non-hydrogen) atoms. The number of carbonyl (C=O) groups is 3. The van der Waals surface area contributed by atoms with Crippen LogP contribution in [0.2, 0.25) is 5.02 Å². The molecule has 6 rings (SSSR count). The Morgan fingerprint density at radius 1 is 1.00 bits per heavy atom. The van der Waals surface area contributed by atoms with Crippen LogP contribution in [0.15, 0.2) is 36.4 Å². The van der Waals surface area contributed by atoms with Crippen molar-refractivity contribution in [2.75, 3.05) is 5.32 Å². The van der Waals surface area contributed by atoms with Gasteiger partial charge in [-0.25, -0.2) is 0 Å². The molecule has 2 aromatic carbocycles. The third-order valence-corrected chi connectivity index (χ3v) is 8.13. The second-order valence-corrected chi connectivity index (χ2v) is 10.2. The molecule has 4 aliphatic rings. The second-order valence-electron chi connectivity index (χ2n) is 9.72. The summed E-state index contributed by atoms with van der Waals surface area (Å²) in [4.78, 5) is 42.5. The monoisotopic (exact) mass is 481 g/mol. The number of hydrogen-bond donors (Lipinski definition) is 4. The predicted molar refractivity (Wildman–Crippen MR) is 123 cm³/mol. The number of nitrogens with one attached hydrogen (secondary N) is 2. The number of rotatable bonds is 3. The highest BCUT2D eigenvalue weighted by Gasteiger charge is 2.70. The molecule has 1 saturated carbocycles. The number of imide groups is 1. The van der Waals surface area contributed by atoms with Crippen molar-refractivity contribution in [1.82, 2.24) is 10.2 Å². The lowest BCUT2D eigenvalue weighted by Crippen LogP contribution is -2.54. The van der Waals surface area contributed by atoms with Crippen LogP contribution in [0.3, 0.4) is 0 Å². The minimum Gasteiger partial charge on any atom is -0.504 e. The number of anilines is 1. The van der Waals surface area contributed by atoms with Gasteiger partial charge in [-0.3, -0.25) is 24.6 Å². The Hall–Kier alpha value is -3.10. The standard InChI is InChI=1S/C25H24ClN3O5/c26-13-6-7-16-15(11-13)25(24(34)27-16)21-20(22(32)29(23(21)33)14-3-1-2-4-14)17(28-25)9-12-5-8-18(30)19(31)10-12/h5-8,10-11,14,17,20-21,28,30-31H,1-4,9H2,(H,27,34)/t17-,20+,21-,25+/m0/s1. The number of phenolic OH excluding ortho intramolecular Hbond substituents is 2. The highest BCUT2D eigenvalue weighted by atomic mass is 35.5. The molecule has 8 nitrogen and oxygen atoms in total. The van der Waals surface area contributed by atoms with Gasteiger partial charge in [-0.05, 0) is 55.2 Å². The van der Waals surface area contributed by atoms with Crippen LogP contribution in [-0.4, -0.2) is 44.9 Å². The zero-order valence-electron chi connectivity index (χ0n) is 18.3. The lowest BCUT2D eigenvalue weighted by molar-refractivity contribution is -0.145. The molecule has 3 amide bonds. The molecule has 9 heteroatoms. The van der Waals surface area contributed by atoms with Crippen molar-refractivity contribution in [3.8, 4) is 11.5 Å². The summed E-state index contributed by atoms with van der Waals surface area (Å²) in [6.07, 6.45) is 3.79. The van der Waals surface area contributed by atoms with E-state index in [9.17, 15) is 24.6 Å². The number of amides is 3. The number of hydrogen-bond acceptors (Lipinski definition) is 6. The van der Waals surface area contributed by atoms with E-state index < -0.39 is 23.4 Å². The third kappa shape index (κ3) is 2.85. The topological polar surface area (TPSA) is 119 Å². The van der Waals surface area contributed by atoms with E-state index in [1.165, 1.54) is 17.0 Å². The number of carbonyl (C=O) groups excluding carboxylic acids is 3. The number of likely N-dealkylation sites (tertiary alicyclic amines) is 1. The first-order valence-corrected chi connectivity index (χ1v) is 12.0. The van der Waals surface area contributed by atoms with Crippen molar-refractivity contribution in [1.29, 1.82) is 0 Å². The normalized spacial score (nSPS) is 30.3. The third-order valence-electron chi connectivity index (χ3n) is 7.90. The van der Waals surface area contributed by atoms with Gasteiger partial charge in [0, 0.05) is 28.4 Å². The summed E-state index contributed by atoms with van der Waals surface area (Å²) in [5, 5.41) is 26.3. The average molecular weight is 482 g/mol. The molecular weight excluding hydrogens is 458 g/mol. The van der Waals surface area contributed by atoms with E-state index in [0.29, 0.717) is 21.8 Å². The number of benzene rings is 2. The maximum absolute atomic E-state index is 13.9. The molecule has 2 saturated heterocycles. The second kappa shape index (κ2) is 7.45. The van der Waals surface area contributed by atoms with Crippen LogP contribution in [0.1, 0.15) is 36.8 Å². The van der Waals surface area contributed by atoms with E-state index in [0.717, 1.165) is 25.7 Å². The van der Waals surface area contributed by atoms with Crippen LogP contribution in [0, 0.1) is 11.8 Å². The molecule has 3 heterocycles. The number of fused-ring (bicyclic) bond motifs is 4. The molecule has 3 fully saturated rings. The molecule has 1 spiro atoms. The lowest BCUT2D eigenvalue weighted by Gasteiger charge is -2.31. The van der Waals surface area contributed by atoms with E-state index in [4.69, 9.17) is 11.6 Å². The Bertz CT molecular complexity index is 1240. The fourth-order valence-corrected chi connectivity index (χ4v) is 6.62. The number of halogens is 1. The van der Waals surface area contributed by atoms with Crippen molar-refractivity contribution in [2.45, 2.75) is 49.7 Å². The zero-order chi connectivity index (χ0) is 23.8. The lowest BCUT2D eigenvalue weighted by atomic mass is 9.76. The fraction of sp³-hybridized carbons (Fsp3) is 0.400. The maximum Gasteiger partial charge on any atom is 0.250 e. The van der Waals surface area contributed by atoms with E-state index in [2.05, 4.69) is 10.6 Å². The van der Waals surface area contributed by atoms with Gasteiger partial charge in [-0.1, -0.05) is 30.5 Å². The Balaban J connectivity index is 1.47. The number of phenols is 2. The smallest absolute Gasteiger partial charge is 0.250 e. The first kappa shape index (κ1) is 21.4. The van der Waals surface area contributed by atoms with E-state index in [1.807, 2.05) is 0 Å². The van der Waals surface area contributed by atoms with Crippen LogP contribution in [0.25, 0.3) is 0 Å². The van der Waals surface area contributed by atoms with Gasteiger partial charge in [-0.15, -0.1) is 0 Å². The summed E-state index contributed by atoms with van der Waals surface area (Å²) in [5.41, 5.74) is 0.413. The van der Waals surface area contributed by atoms with E-state index >= 15 is 0 Å². The molecule has 176 valence electrons. The molecule has 4 atom stereocenters. The first-order chi connectivity index (χ1) is 16.3. The van der Waals surface area contributed by atoms with Crippen molar-refractivity contribution < 1.29 is 24.6 Å². The van der Waals surface area contributed by atoms with Crippen LogP contribution < -0.4 is 10.6 Å². The van der Waals surface area contributed by atoms with Crippen molar-refractivity contribution in [3.63, 3.8) is 0 Å². The summed E-state index contributed by atoms with van der Waals surface area (Å²) in [6, 6.07) is 8.88. The molecule has 4 N–H and O–H groups in total. The predicted octanol–water partition coefficient (Wildman–Crippen LogP) is 2.66. The van der Waals surface area contributed by atoms with Crippen molar-refractivity contribution in [3.05, 3.63) is 52.5 Å². The largest absolute Gasteiger partial charge is 0.504 e. The summed E-state index contributed by atoms with van der Waals surface area (Å²) in [6.45, 7) is 0. The van der Waals surface area contributed by atoms with E-state index in [-0.39, 0.29) is 41.7 Å². The highest BCUT2D eigenvalue weighted by molar-refractivity contribution is 6.31. The van der Waals surface area contributed by atoms with Gasteiger partial charge in [-0.2, -0.15) is 0 Å². The molecule has 0 aromatic heterocycles. The molecular formula is C25H24ClN3O5. The van der Waals surface area contributed by atoms with Crippen LogP contribution in [0.4, 0.5) is 5.69 Å². The summed E-state index contributed by atoms with van der Waals surface area (Å²) < 4.78 is 0. The zero-order valence-corrected chi connectivity index (χ0v) is 19.0.